The summed E-state index contributed by atoms with van der Waals surface area (Å²) in [5, 5.41) is 5.62. The van der Waals surface area contributed by atoms with Crippen LogP contribution in [0.25, 0.3) is 10.1 Å². The summed E-state index contributed by atoms with van der Waals surface area (Å²) >= 11 is 1.87. The van der Waals surface area contributed by atoms with E-state index in [-0.39, 0.29) is 5.91 Å². The Kier molecular flexibility index (Phi) is 7.88. The molecular formula is C29H35N5O2S. The maximum atomic E-state index is 12.8. The third-order valence-electron chi connectivity index (χ3n) is 6.83. The first-order valence-corrected chi connectivity index (χ1v) is 13.7. The Morgan fingerprint density at radius 2 is 1.78 bits per heavy atom. The molecule has 1 saturated heterocycles. The van der Waals surface area contributed by atoms with Crippen molar-refractivity contribution in [2.45, 2.75) is 20.0 Å². The Labute approximate surface area is 222 Å². The van der Waals surface area contributed by atoms with Gasteiger partial charge in [-0.15, -0.1) is 11.3 Å². The Morgan fingerprint density at radius 1 is 1.03 bits per heavy atom. The predicted octanol–water partition coefficient (Wildman–Crippen LogP) is 4.41. The molecule has 4 aromatic rings. The maximum absolute atomic E-state index is 12.8. The van der Waals surface area contributed by atoms with E-state index in [1.165, 1.54) is 20.5 Å². The highest BCUT2D eigenvalue weighted by molar-refractivity contribution is 7.19. The van der Waals surface area contributed by atoms with Crippen molar-refractivity contribution in [1.29, 1.82) is 0 Å². The lowest BCUT2D eigenvalue weighted by Gasteiger charge is -2.34. The third-order valence-corrected chi connectivity index (χ3v) is 7.94. The van der Waals surface area contributed by atoms with E-state index in [4.69, 9.17) is 4.74 Å². The highest BCUT2D eigenvalue weighted by atomic mass is 32.1. The van der Waals surface area contributed by atoms with E-state index in [9.17, 15) is 4.79 Å². The lowest BCUT2D eigenvalue weighted by atomic mass is 10.2. The summed E-state index contributed by atoms with van der Waals surface area (Å²) in [6, 6.07) is 21.2. The summed E-state index contributed by atoms with van der Waals surface area (Å²) in [7, 11) is 3.99. The molecule has 37 heavy (non-hydrogen) atoms. The van der Waals surface area contributed by atoms with Crippen LogP contribution in [0.1, 0.15) is 26.6 Å². The first-order chi connectivity index (χ1) is 17.9. The molecule has 1 amide bonds. The quantitative estimate of drug-likeness (QED) is 0.329. The SMILES string of the molecule is Cc1cc(C(=O)N2CCN(CCOc3ccc(CN(C)Cc4cc5ccccc5s4)cc3)CC2)n(C)n1. The molecule has 0 spiro atoms. The number of piperazine rings is 1. The van der Waals surface area contributed by atoms with Crippen LogP contribution in [-0.4, -0.2) is 76.8 Å². The minimum Gasteiger partial charge on any atom is -0.492 e. The minimum absolute atomic E-state index is 0.0635. The van der Waals surface area contributed by atoms with Gasteiger partial charge in [-0.05, 0) is 55.3 Å². The highest BCUT2D eigenvalue weighted by Crippen LogP contribution is 2.26. The summed E-state index contributed by atoms with van der Waals surface area (Å²) < 4.78 is 9.04. The Hall–Kier alpha value is -3.20. The number of thiophene rings is 1. The molecule has 0 bridgehead atoms. The van der Waals surface area contributed by atoms with Crippen molar-refractivity contribution in [2.24, 2.45) is 7.05 Å². The molecule has 0 atom stereocenters. The van der Waals surface area contributed by atoms with Gasteiger partial charge in [-0.25, -0.2) is 0 Å². The summed E-state index contributed by atoms with van der Waals surface area (Å²) in [6.07, 6.45) is 0. The second kappa shape index (κ2) is 11.5. The van der Waals surface area contributed by atoms with E-state index < -0.39 is 0 Å². The zero-order valence-electron chi connectivity index (χ0n) is 21.9. The number of rotatable bonds is 9. The molecule has 0 aliphatic carbocycles. The number of aromatic nitrogens is 2. The van der Waals surface area contributed by atoms with Crippen LogP contribution < -0.4 is 4.74 Å². The Morgan fingerprint density at radius 3 is 2.49 bits per heavy atom. The van der Waals surface area contributed by atoms with Crippen molar-refractivity contribution >= 4 is 27.3 Å². The highest BCUT2D eigenvalue weighted by Gasteiger charge is 2.24. The minimum atomic E-state index is 0.0635. The van der Waals surface area contributed by atoms with Gasteiger partial charge in [0.2, 0.25) is 0 Å². The van der Waals surface area contributed by atoms with Gasteiger partial charge in [-0.3, -0.25) is 19.3 Å². The molecule has 2 aromatic heterocycles. The second-order valence-corrected chi connectivity index (χ2v) is 11.0. The fourth-order valence-electron chi connectivity index (χ4n) is 4.88. The van der Waals surface area contributed by atoms with Gasteiger partial charge in [0.15, 0.2) is 0 Å². The van der Waals surface area contributed by atoms with Crippen LogP contribution in [0.3, 0.4) is 0 Å². The largest absolute Gasteiger partial charge is 0.492 e. The Bertz CT molecular complexity index is 1310. The van der Waals surface area contributed by atoms with Crippen molar-refractivity contribution in [2.75, 3.05) is 46.4 Å². The van der Waals surface area contributed by atoms with Crippen molar-refractivity contribution in [3.63, 3.8) is 0 Å². The van der Waals surface area contributed by atoms with Gasteiger partial charge in [-0.1, -0.05) is 30.3 Å². The van der Waals surface area contributed by atoms with Crippen molar-refractivity contribution in [1.82, 2.24) is 24.5 Å². The molecule has 5 rings (SSSR count). The predicted molar refractivity (Wildman–Crippen MR) is 149 cm³/mol. The molecule has 194 valence electrons. The molecule has 1 aliphatic rings. The van der Waals surface area contributed by atoms with Crippen LogP contribution in [0.5, 0.6) is 5.75 Å². The lowest BCUT2D eigenvalue weighted by molar-refractivity contribution is 0.0610. The van der Waals surface area contributed by atoms with Gasteiger partial charge < -0.3 is 9.64 Å². The summed E-state index contributed by atoms with van der Waals surface area (Å²) in [5.41, 5.74) is 2.80. The molecule has 2 aromatic carbocycles. The fourth-order valence-corrected chi connectivity index (χ4v) is 6.02. The number of nitrogens with zero attached hydrogens (tertiary/aromatic N) is 5. The van der Waals surface area contributed by atoms with Gasteiger partial charge in [0.05, 0.1) is 5.69 Å². The first-order valence-electron chi connectivity index (χ1n) is 12.8. The number of carbonyl (C=O) groups is 1. The smallest absolute Gasteiger partial charge is 0.272 e. The van der Waals surface area contributed by atoms with Crippen molar-refractivity contribution < 1.29 is 9.53 Å². The van der Waals surface area contributed by atoms with Crippen LogP contribution in [0, 0.1) is 6.92 Å². The molecule has 0 radical (unpaired) electrons. The number of ether oxygens (including phenoxy) is 1. The van der Waals surface area contributed by atoms with E-state index in [0.717, 1.165) is 57.3 Å². The van der Waals surface area contributed by atoms with Crippen LogP contribution in [0.2, 0.25) is 0 Å². The van der Waals surface area contributed by atoms with Gasteiger partial charge in [0.25, 0.3) is 5.91 Å². The van der Waals surface area contributed by atoms with Gasteiger partial charge in [0, 0.05) is 62.4 Å². The monoisotopic (exact) mass is 517 g/mol. The Balaban J connectivity index is 1.02. The van der Waals surface area contributed by atoms with Gasteiger partial charge in [-0.2, -0.15) is 5.10 Å². The zero-order chi connectivity index (χ0) is 25.8. The van der Waals surface area contributed by atoms with Gasteiger partial charge in [0.1, 0.15) is 18.1 Å². The zero-order valence-corrected chi connectivity index (χ0v) is 22.7. The summed E-state index contributed by atoms with van der Waals surface area (Å²) in [5.74, 6) is 0.963. The van der Waals surface area contributed by atoms with Crippen molar-refractivity contribution in [3.8, 4) is 5.75 Å². The van der Waals surface area contributed by atoms with E-state index in [1.807, 2.05) is 36.3 Å². The molecule has 8 heteroatoms. The number of carbonyl (C=O) groups excluding carboxylic acids is 1. The topological polar surface area (TPSA) is 53.8 Å². The third kappa shape index (κ3) is 6.39. The lowest BCUT2D eigenvalue weighted by Crippen LogP contribution is -2.49. The average Bonchev–Trinajstić information content (AvgIpc) is 3.46. The number of hydrogen-bond acceptors (Lipinski definition) is 6. The molecule has 0 unspecified atom stereocenters. The summed E-state index contributed by atoms with van der Waals surface area (Å²) in [6.45, 7) is 8.42. The number of hydrogen-bond donors (Lipinski definition) is 0. The second-order valence-electron chi connectivity index (χ2n) is 9.84. The van der Waals surface area contributed by atoms with Crippen LogP contribution >= 0.6 is 11.3 Å². The van der Waals surface area contributed by atoms with E-state index >= 15 is 0 Å². The van der Waals surface area contributed by atoms with Gasteiger partial charge >= 0.3 is 0 Å². The number of fused-ring (bicyclic) bond motifs is 1. The van der Waals surface area contributed by atoms with Crippen LogP contribution in [0.15, 0.2) is 60.7 Å². The molecular weight excluding hydrogens is 482 g/mol. The molecule has 0 saturated carbocycles. The number of aryl methyl sites for hydroxylation is 2. The number of benzene rings is 2. The first kappa shape index (κ1) is 25.4. The molecule has 1 fully saturated rings. The summed E-state index contributed by atoms with van der Waals surface area (Å²) in [4.78, 5) is 20.8. The molecule has 1 aliphatic heterocycles. The van der Waals surface area contributed by atoms with E-state index in [0.29, 0.717) is 12.3 Å². The average molecular weight is 518 g/mol. The van der Waals surface area contributed by atoms with E-state index in [1.54, 1.807) is 4.68 Å². The van der Waals surface area contributed by atoms with E-state index in [2.05, 4.69) is 76.5 Å². The normalized spacial score (nSPS) is 14.5. The fraction of sp³-hybridized carbons (Fsp3) is 0.379. The van der Waals surface area contributed by atoms with Crippen LogP contribution in [-0.2, 0) is 20.1 Å². The molecule has 7 nitrogen and oxygen atoms in total. The van der Waals surface area contributed by atoms with Crippen LogP contribution in [0.4, 0.5) is 0 Å². The standard InChI is InChI=1S/C29H35N5O2S/c1-22-18-27(32(3)30-22)29(35)34-14-12-33(13-15-34)16-17-36-25-10-8-23(9-11-25)20-31(2)21-26-19-24-6-4-5-7-28(24)37-26/h4-11,18-19H,12-17,20-21H2,1-3H3. The maximum Gasteiger partial charge on any atom is 0.272 e. The molecule has 3 heterocycles. The molecule has 0 N–H and O–H groups in total. The van der Waals surface area contributed by atoms with Crippen molar-refractivity contribution in [3.05, 3.63) is 82.5 Å². The number of amides is 1.